The minimum absolute atomic E-state index is 0.372. The van der Waals surface area contributed by atoms with Gasteiger partial charge in [-0.05, 0) is 55.3 Å². The Morgan fingerprint density at radius 2 is 1.94 bits per heavy atom. The van der Waals surface area contributed by atoms with Gasteiger partial charge in [-0.2, -0.15) is 0 Å². The Morgan fingerprint density at radius 1 is 1.17 bits per heavy atom. The molecule has 0 aliphatic carbocycles. The van der Waals surface area contributed by atoms with Gasteiger partial charge in [0.25, 0.3) is 0 Å². The SMILES string of the molecule is CCc1cccc(C)c1NC(C)c1sccc1C. The van der Waals surface area contributed by atoms with Gasteiger partial charge in [-0.1, -0.05) is 25.1 Å². The second kappa shape index (κ2) is 5.57. The number of hydrogen-bond donors (Lipinski definition) is 1. The lowest BCUT2D eigenvalue weighted by Gasteiger charge is -2.19. The highest BCUT2D eigenvalue weighted by Gasteiger charge is 2.12. The first-order valence-electron chi connectivity index (χ1n) is 6.52. The molecule has 0 aliphatic rings. The van der Waals surface area contributed by atoms with Gasteiger partial charge in [0.2, 0.25) is 0 Å². The zero-order valence-corrected chi connectivity index (χ0v) is 12.4. The molecular weight excluding hydrogens is 238 g/mol. The van der Waals surface area contributed by atoms with Crippen LogP contribution in [0.25, 0.3) is 0 Å². The van der Waals surface area contributed by atoms with Crippen LogP contribution in [0.4, 0.5) is 5.69 Å². The van der Waals surface area contributed by atoms with E-state index in [9.17, 15) is 0 Å². The van der Waals surface area contributed by atoms with E-state index in [4.69, 9.17) is 0 Å². The highest BCUT2D eigenvalue weighted by Crippen LogP contribution is 2.30. The van der Waals surface area contributed by atoms with E-state index in [1.54, 1.807) is 0 Å². The fourth-order valence-corrected chi connectivity index (χ4v) is 3.28. The molecule has 0 aliphatic heterocycles. The zero-order valence-electron chi connectivity index (χ0n) is 11.6. The molecule has 1 unspecified atom stereocenters. The maximum Gasteiger partial charge on any atom is 0.0581 e. The Balaban J connectivity index is 2.27. The van der Waals surface area contributed by atoms with Gasteiger partial charge in [-0.25, -0.2) is 0 Å². The predicted octanol–water partition coefficient (Wildman–Crippen LogP) is 5.10. The van der Waals surface area contributed by atoms with E-state index in [1.807, 2.05) is 11.3 Å². The number of nitrogens with one attached hydrogen (secondary N) is 1. The maximum absolute atomic E-state index is 3.68. The van der Waals surface area contributed by atoms with E-state index >= 15 is 0 Å². The van der Waals surface area contributed by atoms with Crippen LogP contribution in [0.1, 0.15) is 41.5 Å². The van der Waals surface area contributed by atoms with Crippen molar-refractivity contribution in [2.45, 2.75) is 40.2 Å². The summed E-state index contributed by atoms with van der Waals surface area (Å²) in [5, 5.41) is 5.85. The predicted molar refractivity (Wildman–Crippen MR) is 81.7 cm³/mol. The van der Waals surface area contributed by atoms with E-state index < -0.39 is 0 Å². The fourth-order valence-electron chi connectivity index (χ4n) is 2.34. The molecule has 96 valence electrons. The summed E-state index contributed by atoms with van der Waals surface area (Å²) in [6, 6.07) is 9.09. The van der Waals surface area contributed by atoms with Crippen molar-refractivity contribution in [1.29, 1.82) is 0 Å². The number of aryl methyl sites for hydroxylation is 3. The quantitative estimate of drug-likeness (QED) is 0.805. The number of benzene rings is 1. The van der Waals surface area contributed by atoms with Crippen LogP contribution < -0.4 is 5.32 Å². The molecular formula is C16H21NS. The topological polar surface area (TPSA) is 12.0 Å². The van der Waals surface area contributed by atoms with Crippen molar-refractivity contribution in [2.24, 2.45) is 0 Å². The normalized spacial score (nSPS) is 12.4. The summed E-state index contributed by atoms with van der Waals surface area (Å²) >= 11 is 1.83. The monoisotopic (exact) mass is 259 g/mol. The second-order valence-corrected chi connectivity index (χ2v) is 5.74. The molecule has 2 rings (SSSR count). The van der Waals surface area contributed by atoms with Gasteiger partial charge in [0.1, 0.15) is 0 Å². The van der Waals surface area contributed by atoms with E-state index in [2.05, 4.69) is 62.7 Å². The van der Waals surface area contributed by atoms with Gasteiger partial charge in [-0.15, -0.1) is 11.3 Å². The Bertz CT molecular complexity index is 528. The van der Waals surface area contributed by atoms with Crippen LogP contribution >= 0.6 is 11.3 Å². The summed E-state index contributed by atoms with van der Waals surface area (Å²) in [6.45, 7) is 8.81. The van der Waals surface area contributed by atoms with Crippen molar-refractivity contribution in [3.05, 3.63) is 51.2 Å². The largest absolute Gasteiger partial charge is 0.377 e. The lowest BCUT2D eigenvalue weighted by Crippen LogP contribution is -2.09. The third-order valence-electron chi connectivity index (χ3n) is 3.40. The van der Waals surface area contributed by atoms with Crippen LogP contribution in [0, 0.1) is 13.8 Å². The minimum atomic E-state index is 0.372. The summed E-state index contributed by atoms with van der Waals surface area (Å²) in [5.41, 5.74) is 5.42. The van der Waals surface area contributed by atoms with Crippen molar-refractivity contribution in [3.8, 4) is 0 Å². The standard InChI is InChI=1S/C16H21NS/c1-5-14-8-6-7-11(2)15(14)17-13(4)16-12(3)9-10-18-16/h6-10,13,17H,5H2,1-4H3. The zero-order chi connectivity index (χ0) is 13.1. The third kappa shape index (κ3) is 2.59. The Morgan fingerprint density at radius 3 is 2.56 bits per heavy atom. The van der Waals surface area contributed by atoms with Crippen molar-refractivity contribution >= 4 is 17.0 Å². The van der Waals surface area contributed by atoms with Crippen LogP contribution in [-0.2, 0) is 6.42 Å². The Kier molecular flexibility index (Phi) is 4.07. The molecule has 0 amide bonds. The Labute approximate surface area is 114 Å². The molecule has 0 radical (unpaired) electrons. The highest BCUT2D eigenvalue weighted by atomic mass is 32.1. The average molecular weight is 259 g/mol. The summed E-state index contributed by atoms with van der Waals surface area (Å²) in [6.07, 6.45) is 1.07. The van der Waals surface area contributed by atoms with Crippen molar-refractivity contribution in [1.82, 2.24) is 0 Å². The molecule has 1 nitrogen and oxygen atoms in total. The van der Waals surface area contributed by atoms with E-state index in [1.165, 1.54) is 27.3 Å². The summed E-state index contributed by atoms with van der Waals surface area (Å²) in [5.74, 6) is 0. The lowest BCUT2D eigenvalue weighted by molar-refractivity contribution is 0.890. The van der Waals surface area contributed by atoms with E-state index in [0.29, 0.717) is 6.04 Å². The van der Waals surface area contributed by atoms with E-state index in [0.717, 1.165) is 6.42 Å². The molecule has 0 spiro atoms. The third-order valence-corrected chi connectivity index (χ3v) is 4.60. The lowest BCUT2D eigenvalue weighted by atomic mass is 10.0. The van der Waals surface area contributed by atoms with Crippen LogP contribution in [0.3, 0.4) is 0 Å². The van der Waals surface area contributed by atoms with Crippen molar-refractivity contribution in [2.75, 3.05) is 5.32 Å². The first-order chi connectivity index (χ1) is 8.63. The minimum Gasteiger partial charge on any atom is -0.377 e. The van der Waals surface area contributed by atoms with Gasteiger partial charge in [0.15, 0.2) is 0 Å². The second-order valence-electron chi connectivity index (χ2n) is 4.80. The number of anilines is 1. The van der Waals surface area contributed by atoms with Crippen LogP contribution in [-0.4, -0.2) is 0 Å². The smallest absolute Gasteiger partial charge is 0.0581 e. The van der Waals surface area contributed by atoms with Crippen LogP contribution in [0.5, 0.6) is 0 Å². The molecule has 0 saturated heterocycles. The fraction of sp³-hybridized carbons (Fsp3) is 0.375. The summed E-state index contributed by atoms with van der Waals surface area (Å²) < 4.78 is 0. The molecule has 1 aromatic carbocycles. The number of para-hydroxylation sites is 1. The van der Waals surface area contributed by atoms with E-state index in [-0.39, 0.29) is 0 Å². The molecule has 1 heterocycles. The van der Waals surface area contributed by atoms with Gasteiger partial charge in [0.05, 0.1) is 6.04 Å². The van der Waals surface area contributed by atoms with Gasteiger partial charge in [-0.3, -0.25) is 0 Å². The number of hydrogen-bond acceptors (Lipinski definition) is 2. The van der Waals surface area contributed by atoms with Gasteiger partial charge in [0, 0.05) is 10.6 Å². The summed E-state index contributed by atoms with van der Waals surface area (Å²) in [4.78, 5) is 1.43. The molecule has 18 heavy (non-hydrogen) atoms. The molecule has 1 N–H and O–H groups in total. The van der Waals surface area contributed by atoms with Gasteiger partial charge >= 0.3 is 0 Å². The first-order valence-corrected chi connectivity index (χ1v) is 7.40. The first kappa shape index (κ1) is 13.2. The van der Waals surface area contributed by atoms with Gasteiger partial charge < -0.3 is 5.32 Å². The van der Waals surface area contributed by atoms with Crippen molar-refractivity contribution in [3.63, 3.8) is 0 Å². The van der Waals surface area contributed by atoms with Crippen LogP contribution in [0.15, 0.2) is 29.6 Å². The molecule has 1 atom stereocenters. The molecule has 2 aromatic rings. The maximum atomic E-state index is 3.68. The Hall–Kier alpha value is -1.28. The molecule has 0 bridgehead atoms. The van der Waals surface area contributed by atoms with Crippen molar-refractivity contribution < 1.29 is 0 Å². The molecule has 0 saturated carbocycles. The average Bonchev–Trinajstić information content (AvgIpc) is 2.78. The molecule has 0 fully saturated rings. The molecule has 1 aromatic heterocycles. The van der Waals surface area contributed by atoms with Crippen LogP contribution in [0.2, 0.25) is 0 Å². The molecule has 2 heteroatoms. The number of thiophene rings is 1. The number of rotatable bonds is 4. The summed E-state index contributed by atoms with van der Waals surface area (Å²) in [7, 11) is 0. The highest BCUT2D eigenvalue weighted by molar-refractivity contribution is 7.10.